The molecule has 0 unspecified atom stereocenters. The molecular formula is C24H53O2PS2Zn. The van der Waals surface area contributed by atoms with Crippen molar-refractivity contribution in [2.24, 2.45) is 0 Å². The molecule has 0 fully saturated rings. The summed E-state index contributed by atoms with van der Waals surface area (Å²) in [7, 11) is 0. The van der Waals surface area contributed by atoms with E-state index < -0.39 is 5.69 Å². The number of thiol groups is 1. The van der Waals surface area contributed by atoms with Crippen molar-refractivity contribution < 1.29 is 26.9 Å². The molecule has 0 aliphatic carbocycles. The van der Waals surface area contributed by atoms with Gasteiger partial charge in [-0.25, -0.2) is 0 Å². The third kappa shape index (κ3) is 43.4. The zero-order chi connectivity index (χ0) is 22.8. The molecule has 0 bridgehead atoms. The summed E-state index contributed by atoms with van der Waals surface area (Å²) in [6.07, 6.45) is 29.9. The Morgan fingerprint density at radius 1 is 0.533 bits per heavy atom. The van der Waals surface area contributed by atoms with E-state index in [0.29, 0.717) is 0 Å². The number of unbranched alkanes of at least 4 members (excludes halogenated alkanes) is 18. The van der Waals surface area contributed by atoms with Crippen LogP contribution in [0, 0.1) is 0 Å². The van der Waals surface area contributed by atoms with Gasteiger partial charge in [0.15, 0.2) is 0 Å². The molecule has 6 heteroatoms. The van der Waals surface area contributed by atoms with E-state index in [2.05, 4.69) is 37.9 Å². The van der Waals surface area contributed by atoms with Crippen molar-refractivity contribution in [3.05, 3.63) is 0 Å². The van der Waals surface area contributed by atoms with Gasteiger partial charge in [-0.15, -0.1) is 0 Å². The van der Waals surface area contributed by atoms with Gasteiger partial charge in [0.05, 0.1) is 0 Å². The van der Waals surface area contributed by atoms with E-state index in [4.69, 9.17) is 9.79 Å². The second-order valence-corrected chi connectivity index (χ2v) is 18.4. The molecule has 0 amide bonds. The van der Waals surface area contributed by atoms with Crippen LogP contribution in [0.3, 0.4) is 0 Å². The summed E-state index contributed by atoms with van der Waals surface area (Å²) in [5.74, 6) is 0. The molecule has 0 saturated heterocycles. The first kappa shape index (κ1) is 33.7. The number of hydrogen-bond acceptors (Lipinski definition) is 1. The molecule has 0 saturated carbocycles. The fourth-order valence-corrected chi connectivity index (χ4v) is 7.57. The van der Waals surface area contributed by atoms with Crippen molar-refractivity contribution in [1.82, 2.24) is 0 Å². The minimum Gasteiger partial charge on any atom is -0.338 e. The molecule has 0 rings (SSSR count). The van der Waals surface area contributed by atoms with E-state index in [-0.39, 0.29) is 17.1 Å². The van der Waals surface area contributed by atoms with E-state index >= 15 is 0 Å². The maximum absolute atomic E-state index is 7.87. The van der Waals surface area contributed by atoms with Crippen LogP contribution in [0.5, 0.6) is 0 Å². The Kier molecular flexibility index (Phi) is 32.1. The van der Waals surface area contributed by atoms with Gasteiger partial charge < -0.3 is 9.79 Å². The molecule has 2 N–H and O–H groups in total. The second kappa shape index (κ2) is 28.6. The molecular weight excluding hydrogens is 481 g/mol. The normalized spacial score (nSPS) is 11.1. The Hall–Kier alpha value is 1.54. The van der Waals surface area contributed by atoms with Gasteiger partial charge in [-0.3, -0.25) is 0 Å². The molecule has 0 aliphatic heterocycles. The van der Waals surface area contributed by atoms with Crippen molar-refractivity contribution in [2.75, 3.05) is 0 Å². The van der Waals surface area contributed by atoms with Gasteiger partial charge in [0.25, 0.3) is 0 Å². The van der Waals surface area contributed by atoms with Crippen molar-refractivity contribution in [2.45, 2.75) is 152 Å². The van der Waals surface area contributed by atoms with Crippen LogP contribution < -0.4 is 0 Å². The van der Waals surface area contributed by atoms with Crippen molar-refractivity contribution in [1.29, 1.82) is 0 Å². The minimum atomic E-state index is -3.11. The Morgan fingerprint density at radius 3 is 0.967 bits per heavy atom. The van der Waals surface area contributed by atoms with Crippen molar-refractivity contribution in [3.8, 4) is 0 Å². The van der Waals surface area contributed by atoms with Crippen LogP contribution in [0.15, 0.2) is 0 Å². The maximum atomic E-state index is 7.87. The summed E-state index contributed by atoms with van der Waals surface area (Å²) in [4.78, 5) is 15.7. The first-order valence-corrected chi connectivity index (χ1v) is 21.3. The SMILES string of the molecule is CCCCCCCCCCC[CH2][Zn][CH2]CCCCCCCCCCC.OP(O)(=S)S. The third-order valence-corrected chi connectivity index (χ3v) is 9.90. The van der Waals surface area contributed by atoms with Gasteiger partial charge in [-0.05, 0) is 11.8 Å². The fourth-order valence-electron chi connectivity index (χ4n) is 3.86. The smallest absolute Gasteiger partial charge is 0.338 e. The van der Waals surface area contributed by atoms with Crippen LogP contribution in [-0.2, 0) is 28.9 Å². The molecule has 0 spiro atoms. The number of hydrogen-bond donors (Lipinski definition) is 3. The first-order chi connectivity index (χ1) is 14.4. The molecule has 0 aromatic carbocycles. The Bertz CT molecular complexity index is 324. The standard InChI is InChI=1S/2C12H25.H3O2PS2.Zn/c2*1-3-5-7-9-11-12-10-8-6-4-2;1-3(2,4)5;/h2*1,3-12H2,2H3;(H3,1,2,4,5);. The van der Waals surface area contributed by atoms with E-state index in [1.165, 1.54) is 116 Å². The predicted molar refractivity (Wildman–Crippen MR) is 141 cm³/mol. The summed E-state index contributed by atoms with van der Waals surface area (Å²) < 4.78 is 0. The summed E-state index contributed by atoms with van der Waals surface area (Å²) in [6, 6.07) is 0. The van der Waals surface area contributed by atoms with Crippen LogP contribution >= 0.6 is 17.9 Å². The predicted octanol–water partition coefficient (Wildman–Crippen LogP) is 9.87. The molecule has 2 nitrogen and oxygen atoms in total. The molecule has 180 valence electrons. The first-order valence-electron chi connectivity index (χ1n) is 13.2. The van der Waals surface area contributed by atoms with Crippen LogP contribution in [-0.4, -0.2) is 9.79 Å². The van der Waals surface area contributed by atoms with E-state index in [1.54, 1.807) is 22.9 Å². The molecule has 0 heterocycles. The minimum absolute atomic E-state index is 0.112. The van der Waals surface area contributed by atoms with Crippen LogP contribution in [0.2, 0.25) is 10.0 Å². The average molecular weight is 534 g/mol. The van der Waals surface area contributed by atoms with E-state index in [9.17, 15) is 0 Å². The van der Waals surface area contributed by atoms with Crippen molar-refractivity contribution in [3.63, 3.8) is 0 Å². The van der Waals surface area contributed by atoms with Gasteiger partial charge >= 0.3 is 169 Å². The topological polar surface area (TPSA) is 40.5 Å². The van der Waals surface area contributed by atoms with E-state index in [0.717, 1.165) is 0 Å². The van der Waals surface area contributed by atoms with Gasteiger partial charge in [0, 0.05) is 0 Å². The average Bonchev–Trinajstić information content (AvgIpc) is 2.68. The molecule has 30 heavy (non-hydrogen) atoms. The quantitative estimate of drug-likeness (QED) is 0.0561. The third-order valence-electron chi connectivity index (χ3n) is 5.71. The van der Waals surface area contributed by atoms with Crippen LogP contribution in [0.4, 0.5) is 0 Å². The summed E-state index contributed by atoms with van der Waals surface area (Å²) in [5, 5.41) is 3.36. The van der Waals surface area contributed by atoms with Crippen LogP contribution in [0.1, 0.15) is 142 Å². The van der Waals surface area contributed by atoms with E-state index in [1.807, 2.05) is 0 Å². The molecule has 0 atom stereocenters. The molecule has 0 aliphatic rings. The molecule has 0 aromatic heterocycles. The Balaban J connectivity index is 0. The zero-order valence-corrected chi connectivity index (χ0v) is 26.0. The fraction of sp³-hybridized carbons (Fsp3) is 1.00. The second-order valence-electron chi connectivity index (χ2n) is 8.94. The zero-order valence-electron chi connectivity index (χ0n) is 20.5. The van der Waals surface area contributed by atoms with Gasteiger partial charge in [-0.2, -0.15) is 0 Å². The number of rotatable bonds is 22. The van der Waals surface area contributed by atoms with Gasteiger partial charge in [0.1, 0.15) is 0 Å². The molecule has 0 radical (unpaired) electrons. The van der Waals surface area contributed by atoms with Crippen LogP contribution in [0.25, 0.3) is 0 Å². The van der Waals surface area contributed by atoms with Crippen molar-refractivity contribution >= 4 is 29.7 Å². The monoisotopic (exact) mass is 532 g/mol. The van der Waals surface area contributed by atoms with Gasteiger partial charge in [-0.1, -0.05) is 12.2 Å². The summed E-state index contributed by atoms with van der Waals surface area (Å²) in [6.45, 7) is 4.61. The summed E-state index contributed by atoms with van der Waals surface area (Å²) >= 11 is 6.96. The van der Waals surface area contributed by atoms with Gasteiger partial charge in [0.2, 0.25) is 5.69 Å². The molecule has 0 aromatic rings. The summed E-state index contributed by atoms with van der Waals surface area (Å²) in [5.41, 5.74) is -3.11. The Labute approximate surface area is 208 Å². The Morgan fingerprint density at radius 2 is 0.733 bits per heavy atom.